The van der Waals surface area contributed by atoms with Crippen LogP contribution >= 0.6 is 0 Å². The van der Waals surface area contributed by atoms with Crippen molar-refractivity contribution in [2.24, 2.45) is 0 Å². The Balaban J connectivity index is 0.803. The molecule has 0 saturated carbocycles. The number of para-hydroxylation sites is 2. The van der Waals surface area contributed by atoms with Gasteiger partial charge in [-0.1, -0.05) is 202 Å². The van der Waals surface area contributed by atoms with Gasteiger partial charge in [-0.05, 0) is 197 Å². The first kappa shape index (κ1) is 47.5. The number of fused-ring (bicyclic) bond motifs is 7. The first-order chi connectivity index (χ1) is 40.4. The summed E-state index contributed by atoms with van der Waals surface area (Å²) in [4.78, 5) is 4.73. The van der Waals surface area contributed by atoms with E-state index in [0.29, 0.717) is 0 Å². The van der Waals surface area contributed by atoms with Crippen LogP contribution < -0.4 is 9.80 Å². The van der Waals surface area contributed by atoms with E-state index >= 15 is 0 Å². The second-order valence-electron chi connectivity index (χ2n) is 22.5. The average molecular weight is 1050 g/mol. The highest BCUT2D eigenvalue weighted by Gasteiger charge is 2.36. The van der Waals surface area contributed by atoms with Gasteiger partial charge in [-0.15, -0.1) is 0 Å². The van der Waals surface area contributed by atoms with E-state index in [4.69, 9.17) is 0 Å². The highest BCUT2D eigenvalue weighted by molar-refractivity contribution is 6.33. The van der Waals surface area contributed by atoms with Crippen LogP contribution in [0.5, 0.6) is 0 Å². The molecule has 0 atom stereocenters. The Labute approximate surface area is 477 Å². The van der Waals surface area contributed by atoms with Crippen LogP contribution in [0.2, 0.25) is 0 Å². The summed E-state index contributed by atoms with van der Waals surface area (Å²) >= 11 is 0. The molecule has 0 radical (unpaired) electrons. The maximum absolute atomic E-state index is 2.48. The van der Waals surface area contributed by atoms with Crippen LogP contribution in [-0.2, 0) is 5.41 Å². The van der Waals surface area contributed by atoms with Gasteiger partial charge in [0, 0.05) is 56.0 Å². The number of aromatic nitrogens is 1. The van der Waals surface area contributed by atoms with Crippen LogP contribution in [0.3, 0.4) is 0 Å². The fourth-order valence-corrected chi connectivity index (χ4v) is 13.5. The summed E-state index contributed by atoms with van der Waals surface area (Å²) in [7, 11) is 0. The van der Waals surface area contributed by atoms with Gasteiger partial charge < -0.3 is 14.4 Å². The van der Waals surface area contributed by atoms with Gasteiger partial charge >= 0.3 is 0 Å². The number of anilines is 6. The van der Waals surface area contributed by atoms with Gasteiger partial charge in [-0.25, -0.2) is 0 Å². The minimum atomic E-state index is -0.284. The van der Waals surface area contributed by atoms with E-state index in [0.717, 1.165) is 39.8 Å². The maximum atomic E-state index is 2.48. The molecule has 0 spiro atoms. The molecule has 14 aromatic carbocycles. The van der Waals surface area contributed by atoms with Crippen molar-refractivity contribution >= 4 is 88.2 Å². The summed E-state index contributed by atoms with van der Waals surface area (Å²) in [5.41, 5.74) is 22.4. The monoisotopic (exact) mass is 1050 g/mol. The summed E-state index contributed by atoms with van der Waals surface area (Å²) in [6, 6.07) is 110. The zero-order valence-corrected chi connectivity index (χ0v) is 45.6. The highest BCUT2D eigenvalue weighted by atomic mass is 15.2. The Morgan fingerprint density at radius 3 is 1.32 bits per heavy atom. The molecule has 82 heavy (non-hydrogen) atoms. The van der Waals surface area contributed by atoms with Gasteiger partial charge in [0.25, 0.3) is 0 Å². The molecule has 3 heteroatoms. The summed E-state index contributed by atoms with van der Waals surface area (Å²) in [5.74, 6) is 0. The summed E-state index contributed by atoms with van der Waals surface area (Å²) in [5, 5.41) is 10.3. The standard InChI is InChI=1S/C79H55N3/c1-79(2)72-49-59(58-34-47-74-71(48-58)78-70-45-32-57-21-15-20-56-26-27-60(77(70)76(56)57)50-75(78)82(74)66-37-30-55(31-38-66)53-18-9-4-10-19-53)33-44-68(72)69-46-43-67(51-73(69)79)81(63-35-28-54(29-36-63)52-16-7-3-8-17-52)65-41-39-64(40-42-65)80(61-22-11-5-12-23-61)62-24-13-6-14-25-62/h3-51H,1-2H3. The van der Waals surface area contributed by atoms with E-state index in [1.54, 1.807) is 0 Å². The first-order valence-electron chi connectivity index (χ1n) is 28.5. The number of hydrogen-bond acceptors (Lipinski definition) is 2. The van der Waals surface area contributed by atoms with Gasteiger partial charge in [0.05, 0.1) is 11.0 Å². The third kappa shape index (κ3) is 7.65. The van der Waals surface area contributed by atoms with Gasteiger partial charge in [0.2, 0.25) is 0 Å². The van der Waals surface area contributed by atoms with E-state index in [1.165, 1.54) is 110 Å². The van der Waals surface area contributed by atoms with E-state index in [9.17, 15) is 0 Å². The highest BCUT2D eigenvalue weighted by Crippen LogP contribution is 2.53. The largest absolute Gasteiger partial charge is 0.311 e. The van der Waals surface area contributed by atoms with Crippen LogP contribution in [0, 0.1) is 0 Å². The molecule has 0 fully saturated rings. The van der Waals surface area contributed by atoms with Crippen molar-refractivity contribution in [1.82, 2.24) is 4.57 Å². The molecular weight excluding hydrogens is 991 g/mol. The van der Waals surface area contributed by atoms with E-state index in [1.807, 2.05) is 0 Å². The lowest BCUT2D eigenvalue weighted by atomic mass is 9.81. The van der Waals surface area contributed by atoms with Crippen molar-refractivity contribution in [2.45, 2.75) is 19.3 Å². The van der Waals surface area contributed by atoms with Gasteiger partial charge in [0.1, 0.15) is 0 Å². The normalized spacial score (nSPS) is 12.6. The zero-order valence-electron chi connectivity index (χ0n) is 45.6. The molecule has 15 aromatic rings. The minimum Gasteiger partial charge on any atom is -0.311 e. The van der Waals surface area contributed by atoms with Crippen molar-refractivity contribution in [3.05, 3.63) is 308 Å². The number of nitrogens with zero attached hydrogens (tertiary/aromatic N) is 3. The quantitative estimate of drug-likeness (QED) is 0.127. The lowest BCUT2D eigenvalue weighted by Gasteiger charge is -2.29. The summed E-state index contributed by atoms with van der Waals surface area (Å²) < 4.78 is 2.48. The Morgan fingerprint density at radius 2 is 0.707 bits per heavy atom. The summed E-state index contributed by atoms with van der Waals surface area (Å²) in [6.45, 7) is 4.81. The Morgan fingerprint density at radius 1 is 0.268 bits per heavy atom. The molecule has 1 aliphatic carbocycles. The Hall–Kier alpha value is -10.5. The van der Waals surface area contributed by atoms with Gasteiger partial charge in [-0.2, -0.15) is 0 Å². The molecule has 1 aliphatic rings. The molecule has 1 aromatic heterocycles. The molecule has 16 rings (SSSR count). The lowest BCUT2D eigenvalue weighted by molar-refractivity contribution is 0.660. The van der Waals surface area contributed by atoms with Crippen LogP contribution in [0.1, 0.15) is 25.0 Å². The summed E-state index contributed by atoms with van der Waals surface area (Å²) in [6.07, 6.45) is 0. The fraction of sp³-hybridized carbons (Fsp3) is 0.0380. The van der Waals surface area contributed by atoms with Crippen LogP contribution in [-0.4, -0.2) is 4.57 Å². The molecule has 386 valence electrons. The second-order valence-corrected chi connectivity index (χ2v) is 22.5. The molecule has 0 aliphatic heterocycles. The smallest absolute Gasteiger partial charge is 0.0553 e. The second kappa shape index (κ2) is 18.8. The number of hydrogen-bond donors (Lipinski definition) is 0. The van der Waals surface area contributed by atoms with Crippen LogP contribution in [0.25, 0.3) is 104 Å². The lowest BCUT2D eigenvalue weighted by Crippen LogP contribution is -2.17. The molecule has 0 N–H and O–H groups in total. The Kier molecular flexibility index (Phi) is 10.9. The third-order valence-corrected chi connectivity index (χ3v) is 17.5. The first-order valence-corrected chi connectivity index (χ1v) is 28.5. The molecule has 1 heterocycles. The number of rotatable bonds is 10. The molecule has 3 nitrogen and oxygen atoms in total. The Bertz CT molecular complexity index is 4840. The number of benzene rings is 14. The predicted molar refractivity (Wildman–Crippen MR) is 348 cm³/mol. The molecular formula is C79H55N3. The van der Waals surface area contributed by atoms with Crippen LogP contribution in [0.15, 0.2) is 297 Å². The minimum absolute atomic E-state index is 0.284. The van der Waals surface area contributed by atoms with Crippen molar-refractivity contribution in [1.29, 1.82) is 0 Å². The van der Waals surface area contributed by atoms with Crippen LogP contribution in [0.4, 0.5) is 34.1 Å². The van der Waals surface area contributed by atoms with Crippen molar-refractivity contribution in [3.8, 4) is 50.2 Å². The maximum Gasteiger partial charge on any atom is 0.0553 e. The average Bonchev–Trinajstić information content (AvgIpc) is 3.70. The third-order valence-electron chi connectivity index (χ3n) is 17.5. The van der Waals surface area contributed by atoms with Crippen molar-refractivity contribution < 1.29 is 0 Å². The SMILES string of the molecule is CC1(C)c2cc(-c3ccc4c(c3)c3c5ccc6cccc7ccc(cc3n4-c3ccc(-c4ccccc4)cc3)c5c76)ccc2-c2ccc(N(c3ccc(-c4ccccc4)cc3)c3ccc(N(c4ccccc4)c4ccccc4)cc3)cc21. The van der Waals surface area contributed by atoms with E-state index < -0.39 is 0 Å². The predicted octanol–water partition coefficient (Wildman–Crippen LogP) is 21.9. The van der Waals surface area contributed by atoms with Gasteiger partial charge in [0.15, 0.2) is 0 Å². The van der Waals surface area contributed by atoms with Crippen molar-refractivity contribution in [3.63, 3.8) is 0 Å². The zero-order chi connectivity index (χ0) is 54.5. The molecule has 0 amide bonds. The van der Waals surface area contributed by atoms with Crippen molar-refractivity contribution in [2.75, 3.05) is 9.80 Å². The van der Waals surface area contributed by atoms with E-state index in [2.05, 4.69) is 325 Å². The van der Waals surface area contributed by atoms with E-state index in [-0.39, 0.29) is 5.41 Å². The van der Waals surface area contributed by atoms with Gasteiger partial charge in [-0.3, -0.25) is 0 Å². The molecule has 0 bridgehead atoms. The fourth-order valence-electron chi connectivity index (χ4n) is 13.5. The topological polar surface area (TPSA) is 11.4 Å². The molecule has 0 saturated heterocycles. The molecule has 0 unspecified atom stereocenters.